The van der Waals surface area contributed by atoms with Crippen molar-refractivity contribution in [3.63, 3.8) is 0 Å². The maximum absolute atomic E-state index is 12.8. The van der Waals surface area contributed by atoms with Crippen molar-refractivity contribution in [1.29, 1.82) is 0 Å². The summed E-state index contributed by atoms with van der Waals surface area (Å²) in [6.45, 7) is 4.16. The molecule has 0 radical (unpaired) electrons. The number of aliphatic imine (C=N–C) groups is 1. The second kappa shape index (κ2) is 7.04. The Bertz CT molecular complexity index is 668. The van der Waals surface area contributed by atoms with Crippen molar-refractivity contribution in [1.82, 2.24) is 0 Å². The van der Waals surface area contributed by atoms with Crippen LogP contribution >= 0.6 is 0 Å². The zero-order valence-electron chi connectivity index (χ0n) is 12.7. The third-order valence-electron chi connectivity index (χ3n) is 3.47. The Balaban J connectivity index is 1.97. The van der Waals surface area contributed by atoms with Crippen LogP contribution in [0.1, 0.15) is 22.8 Å². The van der Waals surface area contributed by atoms with Gasteiger partial charge in [0.1, 0.15) is 5.82 Å². The molecule has 1 unspecified atom stereocenters. The van der Waals surface area contributed by atoms with E-state index in [0.717, 1.165) is 11.3 Å². The van der Waals surface area contributed by atoms with E-state index < -0.39 is 6.10 Å². The zero-order chi connectivity index (χ0) is 16.1. The monoisotopic (exact) mass is 301 g/mol. The summed E-state index contributed by atoms with van der Waals surface area (Å²) in [6.07, 6.45) is -0.819. The average Bonchev–Trinajstić information content (AvgIpc) is 2.49. The van der Waals surface area contributed by atoms with E-state index in [9.17, 15) is 9.50 Å². The number of anilines is 1. The first-order valence-corrected chi connectivity index (χ1v) is 7.03. The van der Waals surface area contributed by atoms with Gasteiger partial charge in [0.15, 0.2) is 5.96 Å². The van der Waals surface area contributed by atoms with E-state index in [4.69, 9.17) is 5.73 Å². The van der Waals surface area contributed by atoms with Gasteiger partial charge in [-0.05, 0) is 54.8 Å². The molecule has 2 aromatic rings. The van der Waals surface area contributed by atoms with Crippen molar-refractivity contribution in [2.45, 2.75) is 20.0 Å². The number of guanidine groups is 1. The van der Waals surface area contributed by atoms with Crippen molar-refractivity contribution < 1.29 is 9.50 Å². The molecule has 4 N–H and O–H groups in total. The summed E-state index contributed by atoms with van der Waals surface area (Å²) in [4.78, 5) is 4.11. The number of aliphatic hydroxyl groups excluding tert-OH is 1. The lowest BCUT2D eigenvalue weighted by Crippen LogP contribution is -2.23. The number of aryl methyl sites for hydroxylation is 2. The highest BCUT2D eigenvalue weighted by Crippen LogP contribution is 2.15. The van der Waals surface area contributed by atoms with Gasteiger partial charge in [-0.3, -0.25) is 4.99 Å². The molecule has 5 heteroatoms. The lowest BCUT2D eigenvalue weighted by Gasteiger charge is -2.10. The number of halogens is 1. The minimum atomic E-state index is -0.819. The number of nitrogens with one attached hydrogen (secondary N) is 1. The lowest BCUT2D eigenvalue weighted by atomic mass is 10.1. The van der Waals surface area contributed by atoms with E-state index in [2.05, 4.69) is 10.3 Å². The first-order valence-electron chi connectivity index (χ1n) is 7.03. The quantitative estimate of drug-likeness (QED) is 0.600. The Morgan fingerprint density at radius 1 is 1.18 bits per heavy atom. The molecule has 1 atom stereocenters. The molecule has 0 bridgehead atoms. The smallest absolute Gasteiger partial charge is 0.193 e. The molecule has 116 valence electrons. The van der Waals surface area contributed by atoms with Crippen LogP contribution in [0.25, 0.3) is 0 Å². The fraction of sp³-hybridized carbons (Fsp3) is 0.235. The summed E-state index contributed by atoms with van der Waals surface area (Å²) in [6, 6.07) is 11.6. The summed E-state index contributed by atoms with van der Waals surface area (Å²) in [5.41, 5.74) is 9.62. The molecule has 0 fully saturated rings. The van der Waals surface area contributed by atoms with Crippen LogP contribution in [-0.2, 0) is 0 Å². The molecular weight excluding hydrogens is 281 g/mol. The minimum Gasteiger partial charge on any atom is -0.386 e. The normalized spacial score (nSPS) is 13.0. The molecular formula is C17H20FN3O. The van der Waals surface area contributed by atoms with Crippen molar-refractivity contribution in [3.8, 4) is 0 Å². The van der Waals surface area contributed by atoms with E-state index in [-0.39, 0.29) is 18.3 Å². The summed E-state index contributed by atoms with van der Waals surface area (Å²) in [5, 5.41) is 13.0. The molecule has 0 aromatic heterocycles. The van der Waals surface area contributed by atoms with Crippen LogP contribution in [0.4, 0.5) is 10.1 Å². The van der Waals surface area contributed by atoms with Crippen molar-refractivity contribution in [2.24, 2.45) is 10.7 Å². The number of hydrogen-bond donors (Lipinski definition) is 3. The maximum atomic E-state index is 12.8. The van der Waals surface area contributed by atoms with Gasteiger partial charge >= 0.3 is 0 Å². The minimum absolute atomic E-state index is 0.106. The Hall–Kier alpha value is -2.40. The van der Waals surface area contributed by atoms with Crippen LogP contribution in [0.3, 0.4) is 0 Å². The molecule has 0 amide bonds. The Kier molecular flexibility index (Phi) is 5.12. The van der Waals surface area contributed by atoms with E-state index in [1.165, 1.54) is 29.8 Å². The molecule has 0 aliphatic heterocycles. The van der Waals surface area contributed by atoms with Crippen LogP contribution in [-0.4, -0.2) is 17.6 Å². The van der Waals surface area contributed by atoms with E-state index >= 15 is 0 Å². The predicted molar refractivity (Wildman–Crippen MR) is 87.4 cm³/mol. The van der Waals surface area contributed by atoms with Gasteiger partial charge in [0, 0.05) is 5.69 Å². The summed E-state index contributed by atoms with van der Waals surface area (Å²) >= 11 is 0. The van der Waals surface area contributed by atoms with Crippen LogP contribution in [0.5, 0.6) is 0 Å². The van der Waals surface area contributed by atoms with Gasteiger partial charge in [0.25, 0.3) is 0 Å². The fourth-order valence-electron chi connectivity index (χ4n) is 1.98. The largest absolute Gasteiger partial charge is 0.386 e. The number of rotatable bonds is 4. The van der Waals surface area contributed by atoms with Crippen LogP contribution < -0.4 is 11.1 Å². The summed E-state index contributed by atoms with van der Waals surface area (Å²) in [7, 11) is 0. The third kappa shape index (κ3) is 4.30. The molecule has 0 spiro atoms. The van der Waals surface area contributed by atoms with E-state index in [1.807, 2.05) is 32.0 Å². The second-order valence-electron chi connectivity index (χ2n) is 5.22. The van der Waals surface area contributed by atoms with E-state index in [1.54, 1.807) is 0 Å². The van der Waals surface area contributed by atoms with Gasteiger partial charge in [0.05, 0.1) is 12.6 Å². The second-order valence-corrected chi connectivity index (χ2v) is 5.22. The predicted octanol–water partition coefficient (Wildman–Crippen LogP) is 2.90. The average molecular weight is 301 g/mol. The molecule has 0 saturated carbocycles. The molecule has 4 nitrogen and oxygen atoms in total. The molecule has 0 saturated heterocycles. The highest BCUT2D eigenvalue weighted by atomic mass is 19.1. The van der Waals surface area contributed by atoms with Gasteiger partial charge in [-0.1, -0.05) is 18.2 Å². The molecule has 0 aliphatic rings. The first kappa shape index (κ1) is 16.0. The molecule has 2 rings (SSSR count). The summed E-state index contributed by atoms with van der Waals surface area (Å²) in [5.74, 6) is -0.111. The molecule has 2 aromatic carbocycles. The van der Waals surface area contributed by atoms with Crippen LogP contribution in [0, 0.1) is 19.7 Å². The molecule has 0 heterocycles. The highest BCUT2D eigenvalue weighted by Gasteiger charge is 2.07. The first-order chi connectivity index (χ1) is 10.5. The van der Waals surface area contributed by atoms with Gasteiger partial charge < -0.3 is 16.2 Å². The number of aliphatic hydroxyl groups is 1. The van der Waals surface area contributed by atoms with Gasteiger partial charge in [-0.15, -0.1) is 0 Å². The van der Waals surface area contributed by atoms with Gasteiger partial charge in [-0.25, -0.2) is 4.39 Å². The van der Waals surface area contributed by atoms with Gasteiger partial charge in [0.2, 0.25) is 0 Å². The van der Waals surface area contributed by atoms with Crippen molar-refractivity contribution in [2.75, 3.05) is 11.9 Å². The van der Waals surface area contributed by atoms with E-state index in [0.29, 0.717) is 5.56 Å². The fourth-order valence-corrected chi connectivity index (χ4v) is 1.98. The zero-order valence-corrected chi connectivity index (χ0v) is 12.7. The highest BCUT2D eigenvalue weighted by molar-refractivity contribution is 5.92. The Labute approximate surface area is 129 Å². The lowest BCUT2D eigenvalue weighted by molar-refractivity contribution is 0.187. The standard InChI is InChI=1S/C17H20FN3O/c1-11-3-8-15(9-12(11)2)21-17(19)20-10-16(22)13-4-6-14(18)7-5-13/h3-9,16,22H,10H2,1-2H3,(H3,19,20,21). The Morgan fingerprint density at radius 2 is 1.86 bits per heavy atom. The summed E-state index contributed by atoms with van der Waals surface area (Å²) < 4.78 is 12.8. The number of benzene rings is 2. The number of hydrogen-bond acceptors (Lipinski definition) is 2. The van der Waals surface area contributed by atoms with Crippen LogP contribution in [0.2, 0.25) is 0 Å². The van der Waals surface area contributed by atoms with Crippen molar-refractivity contribution in [3.05, 3.63) is 65.0 Å². The Morgan fingerprint density at radius 3 is 2.50 bits per heavy atom. The van der Waals surface area contributed by atoms with Crippen molar-refractivity contribution >= 4 is 11.6 Å². The number of nitrogens with two attached hydrogens (primary N) is 1. The SMILES string of the molecule is Cc1ccc(NC(N)=NCC(O)c2ccc(F)cc2)cc1C. The van der Waals surface area contributed by atoms with Gasteiger partial charge in [-0.2, -0.15) is 0 Å². The molecule has 0 aliphatic carbocycles. The molecule has 22 heavy (non-hydrogen) atoms. The topological polar surface area (TPSA) is 70.6 Å². The number of nitrogens with zero attached hydrogens (tertiary/aromatic N) is 1. The maximum Gasteiger partial charge on any atom is 0.193 e. The van der Waals surface area contributed by atoms with Crippen LogP contribution in [0.15, 0.2) is 47.5 Å². The third-order valence-corrected chi connectivity index (χ3v) is 3.47.